The third-order valence-electron chi connectivity index (χ3n) is 9.33. The van der Waals surface area contributed by atoms with Crippen LogP contribution in [0.15, 0.2) is 191 Å². The molecule has 7 aromatic rings. The second-order valence-electron chi connectivity index (χ2n) is 12.8. The first-order chi connectivity index (χ1) is 26.8. The molecule has 7 heteroatoms. The molecule has 7 rings (SSSR count). The number of methoxy groups -OCH3 is 2. The van der Waals surface area contributed by atoms with Crippen LogP contribution >= 0.6 is 15.9 Å². The first kappa shape index (κ1) is 38.4. The van der Waals surface area contributed by atoms with Crippen molar-refractivity contribution >= 4 is 61.5 Å². The first-order valence-corrected chi connectivity index (χ1v) is 18.8. The lowest BCUT2D eigenvalue weighted by molar-refractivity contribution is 0.414. The Labute approximate surface area is 333 Å². The van der Waals surface area contributed by atoms with E-state index in [-0.39, 0.29) is 0 Å². The number of ether oxygens (including phenoxy) is 2. The van der Waals surface area contributed by atoms with Gasteiger partial charge in [-0.05, 0) is 121 Å². The van der Waals surface area contributed by atoms with E-state index < -0.39 is 0 Å². The quantitative estimate of drug-likeness (QED) is 0.122. The SMILES string of the molecule is CN(c1ccc(Br)cc1)c1ccc(N=C(c2ccccc2)c2ccccc2)cc1.COc1ccc(N(C)c2ccc(N(C)c3ccc(OC)cc3)cc2)cc1. The molecule has 0 saturated heterocycles. The van der Waals surface area contributed by atoms with Crippen LogP contribution in [0.25, 0.3) is 0 Å². The molecule has 0 spiro atoms. The number of rotatable bonds is 11. The van der Waals surface area contributed by atoms with Crippen LogP contribution in [-0.4, -0.2) is 41.1 Å². The summed E-state index contributed by atoms with van der Waals surface area (Å²) in [5, 5.41) is 0. The molecule has 276 valence electrons. The van der Waals surface area contributed by atoms with Crippen molar-refractivity contribution in [2.24, 2.45) is 4.99 Å². The summed E-state index contributed by atoms with van der Waals surface area (Å²) in [6, 6.07) is 61.9. The monoisotopic (exact) mass is 788 g/mol. The molecule has 0 fully saturated rings. The van der Waals surface area contributed by atoms with E-state index in [0.717, 1.165) is 72.6 Å². The van der Waals surface area contributed by atoms with Crippen LogP contribution in [0, 0.1) is 0 Å². The fourth-order valence-corrected chi connectivity index (χ4v) is 6.26. The molecule has 0 saturated carbocycles. The van der Waals surface area contributed by atoms with Gasteiger partial charge in [-0.1, -0.05) is 76.6 Å². The van der Waals surface area contributed by atoms with E-state index in [0.29, 0.717) is 0 Å². The Bertz CT molecular complexity index is 2130. The van der Waals surface area contributed by atoms with Gasteiger partial charge in [0.25, 0.3) is 0 Å². The molecule has 0 aliphatic heterocycles. The van der Waals surface area contributed by atoms with Crippen molar-refractivity contribution in [1.82, 2.24) is 0 Å². The van der Waals surface area contributed by atoms with E-state index in [9.17, 15) is 0 Å². The Morgan fingerprint density at radius 2 is 0.691 bits per heavy atom. The number of hydrogen-bond acceptors (Lipinski definition) is 6. The zero-order valence-corrected chi connectivity index (χ0v) is 33.4. The summed E-state index contributed by atoms with van der Waals surface area (Å²) in [7, 11) is 9.54. The molecule has 0 amide bonds. The molecule has 0 N–H and O–H groups in total. The second-order valence-corrected chi connectivity index (χ2v) is 13.7. The summed E-state index contributed by atoms with van der Waals surface area (Å²) >= 11 is 3.49. The summed E-state index contributed by atoms with van der Waals surface area (Å²) in [5.41, 5.74) is 10.9. The number of benzene rings is 7. The van der Waals surface area contributed by atoms with E-state index in [1.807, 2.05) is 60.7 Å². The Hall–Kier alpha value is -6.31. The number of aliphatic imine (C=N–C) groups is 1. The first-order valence-electron chi connectivity index (χ1n) is 18.0. The normalized spacial score (nSPS) is 10.4. The van der Waals surface area contributed by atoms with Crippen molar-refractivity contribution in [1.29, 1.82) is 0 Å². The highest BCUT2D eigenvalue weighted by Gasteiger charge is 2.10. The van der Waals surface area contributed by atoms with Gasteiger partial charge < -0.3 is 24.2 Å². The van der Waals surface area contributed by atoms with Crippen molar-refractivity contribution < 1.29 is 9.47 Å². The zero-order chi connectivity index (χ0) is 38.6. The third-order valence-corrected chi connectivity index (χ3v) is 9.86. The highest BCUT2D eigenvalue weighted by Crippen LogP contribution is 2.31. The van der Waals surface area contributed by atoms with Crippen LogP contribution in [0.4, 0.5) is 39.8 Å². The fourth-order valence-electron chi connectivity index (χ4n) is 5.99. The molecule has 0 aromatic heterocycles. The summed E-state index contributed by atoms with van der Waals surface area (Å²) < 4.78 is 11.5. The molecule has 0 radical (unpaired) electrons. The van der Waals surface area contributed by atoms with E-state index in [4.69, 9.17) is 14.5 Å². The maximum atomic E-state index is 5.22. The van der Waals surface area contributed by atoms with Crippen LogP contribution in [0.2, 0.25) is 0 Å². The van der Waals surface area contributed by atoms with Gasteiger partial charge in [0.1, 0.15) is 11.5 Å². The second kappa shape index (κ2) is 18.6. The third kappa shape index (κ3) is 10.0. The molecule has 6 nitrogen and oxygen atoms in total. The predicted octanol–water partition coefficient (Wildman–Crippen LogP) is 12.6. The van der Waals surface area contributed by atoms with Crippen molar-refractivity contribution in [3.05, 3.63) is 198 Å². The Morgan fingerprint density at radius 3 is 1.02 bits per heavy atom. The molecule has 0 heterocycles. The van der Waals surface area contributed by atoms with Gasteiger partial charge in [0.2, 0.25) is 0 Å². The zero-order valence-electron chi connectivity index (χ0n) is 31.8. The molecule has 0 aliphatic rings. The van der Waals surface area contributed by atoms with Crippen molar-refractivity contribution in [3.63, 3.8) is 0 Å². The summed E-state index contributed by atoms with van der Waals surface area (Å²) in [4.78, 5) is 11.4. The van der Waals surface area contributed by atoms with E-state index in [1.54, 1.807) is 14.2 Å². The minimum atomic E-state index is 0.860. The molecule has 7 aromatic carbocycles. The van der Waals surface area contributed by atoms with E-state index >= 15 is 0 Å². The van der Waals surface area contributed by atoms with Gasteiger partial charge in [0.05, 0.1) is 25.6 Å². The van der Waals surface area contributed by atoms with E-state index in [1.165, 1.54) is 0 Å². The Kier molecular flexibility index (Phi) is 13.0. The minimum Gasteiger partial charge on any atom is -0.497 e. The van der Waals surface area contributed by atoms with Crippen LogP contribution < -0.4 is 24.2 Å². The Balaban J connectivity index is 0.000000188. The maximum Gasteiger partial charge on any atom is 0.119 e. The molecule has 0 atom stereocenters. The lowest BCUT2D eigenvalue weighted by Gasteiger charge is -2.23. The average molecular weight is 790 g/mol. The van der Waals surface area contributed by atoms with E-state index in [2.05, 4.69) is 173 Å². The van der Waals surface area contributed by atoms with Crippen LogP contribution in [-0.2, 0) is 0 Å². The maximum absolute atomic E-state index is 5.22. The van der Waals surface area contributed by atoms with Gasteiger partial charge in [-0.15, -0.1) is 0 Å². The van der Waals surface area contributed by atoms with Crippen LogP contribution in [0.1, 0.15) is 11.1 Å². The topological polar surface area (TPSA) is 40.5 Å². The summed E-state index contributed by atoms with van der Waals surface area (Å²) in [5.74, 6) is 1.72. The number of anilines is 6. The molecule has 0 unspecified atom stereocenters. The lowest BCUT2D eigenvalue weighted by Crippen LogP contribution is -2.11. The molecule has 0 bridgehead atoms. The highest BCUT2D eigenvalue weighted by atomic mass is 79.9. The molecule has 55 heavy (non-hydrogen) atoms. The highest BCUT2D eigenvalue weighted by molar-refractivity contribution is 9.10. The standard InChI is InChI=1S/C26H21BrN2.C22H24N2O2/c1-29(24-16-12-22(27)13-17-24)25-18-14-23(15-19-25)28-26(20-8-4-2-5-9-20)21-10-6-3-7-11-21;1-23(19-9-13-21(25-3)14-10-19)17-5-7-18(8-6-17)24(2)20-11-15-22(26-4)16-12-20/h2-19H,1H3;5-16H,1-4H3. The van der Waals surface area contributed by atoms with Crippen LogP contribution in [0.3, 0.4) is 0 Å². The summed E-state index contributed by atoms with van der Waals surface area (Å²) in [6.45, 7) is 0. The van der Waals surface area contributed by atoms with Gasteiger partial charge in [-0.3, -0.25) is 0 Å². The molecular weight excluding hydrogens is 744 g/mol. The number of nitrogens with zero attached hydrogens (tertiary/aromatic N) is 4. The summed E-state index contributed by atoms with van der Waals surface area (Å²) in [6.07, 6.45) is 0. The van der Waals surface area contributed by atoms with Crippen molar-refractivity contribution in [2.45, 2.75) is 0 Å². The van der Waals surface area contributed by atoms with Gasteiger partial charge in [0, 0.05) is 70.9 Å². The largest absolute Gasteiger partial charge is 0.497 e. The number of hydrogen-bond donors (Lipinski definition) is 0. The van der Waals surface area contributed by atoms with Crippen LogP contribution in [0.5, 0.6) is 11.5 Å². The minimum absolute atomic E-state index is 0.860. The molecular formula is C48H45BrN4O2. The van der Waals surface area contributed by atoms with Gasteiger partial charge in [-0.25, -0.2) is 4.99 Å². The van der Waals surface area contributed by atoms with Gasteiger partial charge >= 0.3 is 0 Å². The lowest BCUT2D eigenvalue weighted by atomic mass is 10.0. The Morgan fingerprint density at radius 1 is 0.400 bits per heavy atom. The fraction of sp³-hybridized carbons (Fsp3) is 0.104. The van der Waals surface area contributed by atoms with Gasteiger partial charge in [0.15, 0.2) is 0 Å². The van der Waals surface area contributed by atoms with Crippen molar-refractivity contribution in [2.75, 3.05) is 50.1 Å². The number of halogens is 1. The smallest absolute Gasteiger partial charge is 0.119 e. The van der Waals surface area contributed by atoms with Crippen molar-refractivity contribution in [3.8, 4) is 11.5 Å². The molecule has 0 aliphatic carbocycles. The average Bonchev–Trinajstić information content (AvgIpc) is 3.26. The predicted molar refractivity (Wildman–Crippen MR) is 235 cm³/mol. The van der Waals surface area contributed by atoms with Gasteiger partial charge in [-0.2, -0.15) is 0 Å².